The molecule has 1 aromatic heterocycles. The lowest BCUT2D eigenvalue weighted by molar-refractivity contribution is 0.0376. The van der Waals surface area contributed by atoms with Gasteiger partial charge in [0.05, 0.1) is 13.2 Å². The van der Waals surface area contributed by atoms with Crippen LogP contribution in [0.3, 0.4) is 0 Å². The second-order valence-corrected chi connectivity index (χ2v) is 6.28. The highest BCUT2D eigenvalue weighted by Gasteiger charge is 2.18. The Morgan fingerprint density at radius 1 is 1.30 bits per heavy atom. The van der Waals surface area contributed by atoms with Crippen LogP contribution >= 0.6 is 0 Å². The molecule has 2 rings (SSSR count). The Kier molecular flexibility index (Phi) is 5.55. The number of aliphatic hydroxyl groups is 1. The molecule has 114 valence electrons. The number of aliphatic hydroxyl groups excluding tert-OH is 1. The van der Waals surface area contributed by atoms with E-state index in [-0.39, 0.29) is 17.5 Å². The molecule has 2 heterocycles. The fourth-order valence-electron chi connectivity index (χ4n) is 1.99. The molecular formula is C12H20N2O5S. The predicted octanol–water partition coefficient (Wildman–Crippen LogP) is -0.227. The van der Waals surface area contributed by atoms with Crippen LogP contribution in [0.15, 0.2) is 21.6 Å². The molecule has 0 radical (unpaired) electrons. The van der Waals surface area contributed by atoms with E-state index >= 15 is 0 Å². The molecule has 0 bridgehead atoms. The van der Waals surface area contributed by atoms with Crippen molar-refractivity contribution in [2.24, 2.45) is 0 Å². The number of hydrogen-bond donors (Lipinski definition) is 2. The summed E-state index contributed by atoms with van der Waals surface area (Å²) in [5, 5.41) is 8.69. The summed E-state index contributed by atoms with van der Waals surface area (Å²) in [7, 11) is -3.62. The maximum absolute atomic E-state index is 11.9. The molecule has 0 unspecified atom stereocenters. The molecule has 1 aliphatic rings. The molecule has 0 amide bonds. The van der Waals surface area contributed by atoms with Crippen LogP contribution in [0.5, 0.6) is 0 Å². The van der Waals surface area contributed by atoms with Gasteiger partial charge >= 0.3 is 0 Å². The fraction of sp³-hybridized carbons (Fsp3) is 0.667. The molecule has 8 heteroatoms. The zero-order chi connectivity index (χ0) is 14.4. The molecule has 20 heavy (non-hydrogen) atoms. The molecule has 0 saturated carbocycles. The van der Waals surface area contributed by atoms with Gasteiger partial charge in [0.1, 0.15) is 12.4 Å². The third-order valence-electron chi connectivity index (χ3n) is 3.10. The first kappa shape index (κ1) is 15.5. The molecule has 0 atom stereocenters. The van der Waals surface area contributed by atoms with E-state index in [2.05, 4.69) is 9.62 Å². The van der Waals surface area contributed by atoms with Crippen molar-refractivity contribution in [2.45, 2.75) is 18.1 Å². The van der Waals surface area contributed by atoms with Crippen molar-refractivity contribution < 1.29 is 22.7 Å². The van der Waals surface area contributed by atoms with E-state index < -0.39 is 10.0 Å². The molecule has 1 fully saturated rings. The number of morpholine rings is 1. The van der Waals surface area contributed by atoms with Gasteiger partial charge in [0, 0.05) is 19.6 Å². The zero-order valence-corrected chi connectivity index (χ0v) is 12.1. The minimum absolute atomic E-state index is 0.159. The summed E-state index contributed by atoms with van der Waals surface area (Å²) in [6.07, 6.45) is 0.729. The Hall–Kier alpha value is -0.930. The van der Waals surface area contributed by atoms with E-state index in [1.165, 1.54) is 12.1 Å². The number of hydrogen-bond acceptors (Lipinski definition) is 6. The van der Waals surface area contributed by atoms with Gasteiger partial charge in [-0.15, -0.1) is 0 Å². The summed E-state index contributed by atoms with van der Waals surface area (Å²) in [6, 6.07) is 2.79. The van der Waals surface area contributed by atoms with Crippen molar-refractivity contribution in [1.29, 1.82) is 0 Å². The number of nitrogens with one attached hydrogen (secondary N) is 1. The highest BCUT2D eigenvalue weighted by atomic mass is 32.2. The first-order valence-corrected chi connectivity index (χ1v) is 8.09. The molecule has 2 N–H and O–H groups in total. The fourth-order valence-corrected chi connectivity index (χ4v) is 3.01. The van der Waals surface area contributed by atoms with Crippen LogP contribution < -0.4 is 4.72 Å². The maximum atomic E-state index is 11.9. The summed E-state index contributed by atoms with van der Waals surface area (Å²) in [4.78, 5) is 2.24. The first-order valence-electron chi connectivity index (χ1n) is 6.61. The summed E-state index contributed by atoms with van der Waals surface area (Å²) in [5.41, 5.74) is 0. The minimum Gasteiger partial charge on any atom is -0.446 e. The van der Waals surface area contributed by atoms with Gasteiger partial charge in [-0.2, -0.15) is 0 Å². The minimum atomic E-state index is -3.62. The van der Waals surface area contributed by atoms with Gasteiger partial charge in [0.15, 0.2) is 0 Å². The molecule has 0 aromatic carbocycles. The van der Waals surface area contributed by atoms with Gasteiger partial charge < -0.3 is 14.3 Å². The smallest absolute Gasteiger partial charge is 0.273 e. The third kappa shape index (κ3) is 4.29. The van der Waals surface area contributed by atoms with E-state index in [1.54, 1.807) is 0 Å². The van der Waals surface area contributed by atoms with Crippen molar-refractivity contribution in [3.63, 3.8) is 0 Å². The molecular weight excluding hydrogens is 284 g/mol. The first-order chi connectivity index (χ1) is 9.62. The number of sulfonamides is 1. The highest BCUT2D eigenvalue weighted by Crippen LogP contribution is 2.13. The second kappa shape index (κ2) is 7.19. The predicted molar refractivity (Wildman–Crippen MR) is 71.7 cm³/mol. The van der Waals surface area contributed by atoms with Crippen molar-refractivity contribution in [3.8, 4) is 0 Å². The average molecular weight is 304 g/mol. The van der Waals surface area contributed by atoms with Crippen LogP contribution in [0.4, 0.5) is 0 Å². The Bertz CT molecular complexity index is 508. The van der Waals surface area contributed by atoms with Crippen molar-refractivity contribution in [2.75, 3.05) is 39.4 Å². The molecule has 7 nitrogen and oxygen atoms in total. The number of ether oxygens (including phenoxy) is 1. The van der Waals surface area contributed by atoms with Crippen LogP contribution in [0.2, 0.25) is 0 Å². The van der Waals surface area contributed by atoms with Crippen molar-refractivity contribution in [1.82, 2.24) is 9.62 Å². The summed E-state index contributed by atoms with van der Waals surface area (Å²) in [6.45, 7) is 4.15. The zero-order valence-electron chi connectivity index (χ0n) is 11.2. The van der Waals surface area contributed by atoms with Crippen molar-refractivity contribution in [3.05, 3.63) is 17.9 Å². The van der Waals surface area contributed by atoms with Crippen LogP contribution in [-0.2, 0) is 21.4 Å². The lowest BCUT2D eigenvalue weighted by Crippen LogP contribution is -2.38. The second-order valence-electron chi connectivity index (χ2n) is 4.58. The Labute approximate surface area is 118 Å². The van der Waals surface area contributed by atoms with Crippen LogP contribution in [-0.4, -0.2) is 57.8 Å². The number of furan rings is 1. The average Bonchev–Trinajstić information content (AvgIpc) is 2.95. The third-order valence-corrected chi connectivity index (χ3v) is 4.44. The highest BCUT2D eigenvalue weighted by molar-refractivity contribution is 7.89. The van der Waals surface area contributed by atoms with Crippen LogP contribution in [0, 0.1) is 0 Å². The van der Waals surface area contributed by atoms with Gasteiger partial charge in [0.25, 0.3) is 10.0 Å². The normalized spacial score (nSPS) is 17.4. The maximum Gasteiger partial charge on any atom is 0.273 e. The van der Waals surface area contributed by atoms with Gasteiger partial charge in [-0.1, -0.05) is 0 Å². The lowest BCUT2D eigenvalue weighted by Gasteiger charge is -2.26. The van der Waals surface area contributed by atoms with E-state index in [0.717, 1.165) is 39.3 Å². The lowest BCUT2D eigenvalue weighted by atomic mass is 10.3. The number of rotatable bonds is 7. The number of nitrogens with zero attached hydrogens (tertiary/aromatic N) is 1. The van der Waals surface area contributed by atoms with E-state index in [4.69, 9.17) is 14.3 Å². The monoisotopic (exact) mass is 304 g/mol. The van der Waals surface area contributed by atoms with Gasteiger partial charge in [-0.25, -0.2) is 13.1 Å². The quantitative estimate of drug-likeness (QED) is 0.676. The van der Waals surface area contributed by atoms with Gasteiger partial charge in [-0.05, 0) is 25.1 Å². The molecule has 0 aliphatic carbocycles. The summed E-state index contributed by atoms with van der Waals surface area (Å²) in [5.74, 6) is 0.235. The largest absolute Gasteiger partial charge is 0.446 e. The molecule has 0 spiro atoms. The SMILES string of the molecule is O=S(=O)(NCCCN1CCOCC1)c1ccc(CO)o1. The molecule has 1 aliphatic heterocycles. The van der Waals surface area contributed by atoms with Crippen LogP contribution in [0.25, 0.3) is 0 Å². The topological polar surface area (TPSA) is 92.0 Å². The summed E-state index contributed by atoms with van der Waals surface area (Å²) < 4.78 is 36.5. The van der Waals surface area contributed by atoms with Crippen LogP contribution in [0.1, 0.15) is 12.2 Å². The Morgan fingerprint density at radius 2 is 2.05 bits per heavy atom. The van der Waals surface area contributed by atoms with Gasteiger partial charge in [0.2, 0.25) is 5.09 Å². The summed E-state index contributed by atoms with van der Waals surface area (Å²) >= 11 is 0. The Balaban J connectivity index is 1.74. The van der Waals surface area contributed by atoms with E-state index in [0.29, 0.717) is 6.54 Å². The van der Waals surface area contributed by atoms with E-state index in [9.17, 15) is 8.42 Å². The van der Waals surface area contributed by atoms with Crippen molar-refractivity contribution >= 4 is 10.0 Å². The van der Waals surface area contributed by atoms with Gasteiger partial charge in [-0.3, -0.25) is 4.90 Å². The molecule has 1 saturated heterocycles. The Morgan fingerprint density at radius 3 is 2.70 bits per heavy atom. The molecule has 1 aromatic rings. The standard InChI is InChI=1S/C12H20N2O5S/c15-10-11-2-3-12(19-11)20(16,17)13-4-1-5-14-6-8-18-9-7-14/h2-3,13,15H,1,4-10H2. The van der Waals surface area contributed by atoms with E-state index in [1.807, 2.05) is 0 Å².